The second kappa shape index (κ2) is 20.3. The van der Waals surface area contributed by atoms with E-state index >= 15 is 0 Å². The summed E-state index contributed by atoms with van der Waals surface area (Å²) >= 11 is 0. The Hall–Kier alpha value is -6.02. The van der Waals surface area contributed by atoms with Gasteiger partial charge in [-0.15, -0.1) is 0 Å². The lowest BCUT2D eigenvalue weighted by molar-refractivity contribution is -0.134. The molecule has 0 heterocycles. The number of nitrogens with zero attached hydrogens (tertiary/aromatic N) is 1. The van der Waals surface area contributed by atoms with E-state index in [-0.39, 0.29) is 38.2 Å². The molecular weight excluding hydrogens is 686 g/mol. The zero-order valence-corrected chi connectivity index (χ0v) is 30.6. The third-order valence-corrected chi connectivity index (χ3v) is 9.02. The van der Waals surface area contributed by atoms with Gasteiger partial charge in [0.25, 0.3) is 0 Å². The first-order valence-corrected chi connectivity index (χ1v) is 18.1. The first kappa shape index (κ1) is 40.7. The Morgan fingerprint density at radius 2 is 1.04 bits per heavy atom. The minimum absolute atomic E-state index is 0.0713. The highest BCUT2D eigenvalue weighted by Crippen LogP contribution is 2.19. The number of nitrogens with one attached hydrogen (secondary N) is 4. The van der Waals surface area contributed by atoms with Gasteiger partial charge in [-0.1, -0.05) is 84.9 Å². The van der Waals surface area contributed by atoms with E-state index in [1.165, 1.54) is 6.92 Å². The number of carbonyl (C=O) groups is 5. The normalized spacial score (nSPS) is 13.2. The highest BCUT2D eigenvalue weighted by atomic mass is 16.2. The van der Waals surface area contributed by atoms with E-state index in [0.717, 1.165) is 32.7 Å². The molecule has 4 aromatic rings. The molecule has 4 rings (SSSR count). The first-order chi connectivity index (χ1) is 25.9. The summed E-state index contributed by atoms with van der Waals surface area (Å²) in [5, 5.41) is 15.0. The molecule has 0 radical (unpaired) electrons. The highest BCUT2D eigenvalue weighted by molar-refractivity contribution is 5.96. The van der Waals surface area contributed by atoms with Crippen molar-refractivity contribution in [3.63, 3.8) is 0 Å². The molecule has 0 aromatic heterocycles. The Kier molecular flexibility index (Phi) is 15.3. The smallest absolute Gasteiger partial charge is 0.243 e. The minimum Gasteiger partial charge on any atom is -0.370 e. The van der Waals surface area contributed by atoms with Crippen LogP contribution in [0.25, 0.3) is 21.5 Å². The Balaban J connectivity index is 1.60. The maximum atomic E-state index is 14.1. The van der Waals surface area contributed by atoms with E-state index in [1.807, 2.05) is 84.9 Å². The summed E-state index contributed by atoms with van der Waals surface area (Å²) in [6, 6.07) is 22.7. The zero-order chi connectivity index (χ0) is 39.0. The van der Waals surface area contributed by atoms with E-state index in [0.29, 0.717) is 25.8 Å². The van der Waals surface area contributed by atoms with Crippen LogP contribution in [-0.4, -0.2) is 72.8 Å². The lowest BCUT2D eigenvalue weighted by Gasteiger charge is -2.26. The number of hydrogen-bond donors (Lipinski definition) is 8. The van der Waals surface area contributed by atoms with Crippen LogP contribution in [0, 0.1) is 0 Å². The molecule has 14 heteroatoms. The van der Waals surface area contributed by atoms with Crippen molar-refractivity contribution in [2.24, 2.45) is 27.9 Å². The van der Waals surface area contributed by atoms with Crippen LogP contribution >= 0.6 is 0 Å². The Bertz CT molecular complexity index is 1960. The van der Waals surface area contributed by atoms with Gasteiger partial charge in [0.15, 0.2) is 5.96 Å². The van der Waals surface area contributed by atoms with Gasteiger partial charge in [0.1, 0.15) is 24.2 Å². The number of fused-ring (bicyclic) bond motifs is 2. The molecule has 54 heavy (non-hydrogen) atoms. The predicted molar refractivity (Wildman–Crippen MR) is 211 cm³/mol. The molecule has 0 saturated carbocycles. The van der Waals surface area contributed by atoms with Crippen LogP contribution in [0.4, 0.5) is 0 Å². The number of aliphatic imine (C=N–C) groups is 1. The van der Waals surface area contributed by atoms with Crippen LogP contribution in [0.1, 0.15) is 50.2 Å². The second-order valence-corrected chi connectivity index (χ2v) is 13.3. The van der Waals surface area contributed by atoms with Gasteiger partial charge in [-0.25, -0.2) is 0 Å². The van der Waals surface area contributed by atoms with Gasteiger partial charge in [-0.05, 0) is 71.3 Å². The van der Waals surface area contributed by atoms with Gasteiger partial charge in [-0.2, -0.15) is 0 Å². The summed E-state index contributed by atoms with van der Waals surface area (Å²) in [5.41, 5.74) is 23.8. The number of unbranched alkanes of at least 4 members (excludes halogenated alkanes) is 1. The molecule has 4 aromatic carbocycles. The number of primary amides is 1. The maximum absolute atomic E-state index is 14.1. The summed E-state index contributed by atoms with van der Waals surface area (Å²) in [4.78, 5) is 70.4. The number of hydrogen-bond acceptors (Lipinski definition) is 7. The van der Waals surface area contributed by atoms with E-state index in [1.54, 1.807) is 0 Å². The molecule has 12 N–H and O–H groups in total. The van der Waals surface area contributed by atoms with Crippen LogP contribution in [0.5, 0.6) is 0 Å². The van der Waals surface area contributed by atoms with E-state index in [4.69, 9.17) is 22.9 Å². The van der Waals surface area contributed by atoms with Crippen molar-refractivity contribution in [2.45, 2.75) is 76.0 Å². The second-order valence-electron chi connectivity index (χ2n) is 13.3. The van der Waals surface area contributed by atoms with E-state index < -0.39 is 53.7 Å². The molecule has 0 bridgehead atoms. The number of rotatable bonds is 20. The van der Waals surface area contributed by atoms with Crippen molar-refractivity contribution in [3.05, 3.63) is 96.1 Å². The lowest BCUT2D eigenvalue weighted by atomic mass is 9.99. The van der Waals surface area contributed by atoms with Crippen molar-refractivity contribution in [2.75, 3.05) is 13.1 Å². The number of carbonyl (C=O) groups excluding carboxylic acids is 5. The van der Waals surface area contributed by atoms with Crippen LogP contribution in [0.2, 0.25) is 0 Å². The fourth-order valence-corrected chi connectivity index (χ4v) is 6.23. The average molecular weight is 738 g/mol. The Labute approximate surface area is 314 Å². The average Bonchev–Trinajstić information content (AvgIpc) is 3.14. The summed E-state index contributed by atoms with van der Waals surface area (Å²) in [7, 11) is 0. The van der Waals surface area contributed by atoms with Gasteiger partial charge in [-0.3, -0.25) is 29.0 Å². The largest absolute Gasteiger partial charge is 0.370 e. The molecular formula is C40H51N9O5. The quantitative estimate of drug-likeness (QED) is 0.0373. The topological polar surface area (TPSA) is 250 Å². The van der Waals surface area contributed by atoms with Crippen molar-refractivity contribution >= 4 is 57.0 Å². The van der Waals surface area contributed by atoms with Gasteiger partial charge in [0, 0.05) is 26.3 Å². The van der Waals surface area contributed by atoms with Gasteiger partial charge >= 0.3 is 0 Å². The third-order valence-electron chi connectivity index (χ3n) is 9.02. The molecule has 0 aliphatic heterocycles. The fourth-order valence-electron chi connectivity index (χ4n) is 6.23. The number of guanidine groups is 1. The molecule has 0 fully saturated rings. The van der Waals surface area contributed by atoms with Crippen LogP contribution in [-0.2, 0) is 36.8 Å². The van der Waals surface area contributed by atoms with Crippen LogP contribution in [0.15, 0.2) is 89.9 Å². The Morgan fingerprint density at radius 3 is 1.54 bits per heavy atom. The summed E-state index contributed by atoms with van der Waals surface area (Å²) in [5.74, 6) is -3.12. The molecule has 14 nitrogen and oxygen atoms in total. The molecule has 0 spiro atoms. The Morgan fingerprint density at radius 1 is 0.574 bits per heavy atom. The van der Waals surface area contributed by atoms with E-state index in [2.05, 4.69) is 26.3 Å². The van der Waals surface area contributed by atoms with Crippen molar-refractivity contribution in [1.82, 2.24) is 21.3 Å². The van der Waals surface area contributed by atoms with Crippen LogP contribution < -0.4 is 44.2 Å². The SMILES string of the molecule is CC(=O)N[C@H](Cc1ccc2ccccc2c1)C(=O)N[C@@H](CCCN=C(N)N)C(=O)N[C@H](Cc1ccc2ccccc2c1)C(=O)N[C@H](CCCCN)C(N)=O. The summed E-state index contributed by atoms with van der Waals surface area (Å²) in [6.45, 7) is 1.91. The molecule has 5 amide bonds. The highest BCUT2D eigenvalue weighted by Gasteiger charge is 2.31. The number of benzene rings is 4. The van der Waals surface area contributed by atoms with Crippen molar-refractivity contribution in [1.29, 1.82) is 0 Å². The maximum Gasteiger partial charge on any atom is 0.243 e. The first-order valence-electron chi connectivity index (χ1n) is 18.1. The predicted octanol–water partition coefficient (Wildman–Crippen LogP) is 1.41. The molecule has 286 valence electrons. The standard InChI is InChI=1S/C40H51N9O5/c1-25(50)46-34(23-26-15-17-28-9-2-4-11-30(28)21-26)38(53)48-33(14-8-20-45-40(43)44)37(52)49-35(39(54)47-32(36(42)51)13-6-7-19-41)24-27-16-18-29-10-3-5-12-31(29)22-27/h2-5,9-12,15-18,21-22,32-35H,6-8,13-14,19-20,23-24,41H2,1H3,(H2,42,51)(H,46,50)(H,47,54)(H,48,53)(H,49,52)(H4,43,44,45)/t32-,33+,34-,35-/m1/s1. The molecule has 0 aliphatic carbocycles. The monoisotopic (exact) mass is 737 g/mol. The van der Waals surface area contributed by atoms with E-state index in [9.17, 15) is 24.0 Å². The number of nitrogens with two attached hydrogens (primary N) is 4. The summed E-state index contributed by atoms with van der Waals surface area (Å²) in [6.07, 6.45) is 2.11. The number of amides is 5. The molecule has 4 atom stereocenters. The lowest BCUT2D eigenvalue weighted by Crippen LogP contribution is -2.58. The zero-order valence-electron chi connectivity index (χ0n) is 30.6. The third kappa shape index (κ3) is 12.6. The molecule has 0 aliphatic rings. The molecule has 0 unspecified atom stereocenters. The van der Waals surface area contributed by atoms with Gasteiger partial charge in [0.2, 0.25) is 29.5 Å². The van der Waals surface area contributed by atoms with Crippen LogP contribution in [0.3, 0.4) is 0 Å². The summed E-state index contributed by atoms with van der Waals surface area (Å²) < 4.78 is 0. The van der Waals surface area contributed by atoms with Gasteiger partial charge in [0.05, 0.1) is 0 Å². The molecule has 0 saturated heterocycles. The van der Waals surface area contributed by atoms with Gasteiger partial charge < -0.3 is 44.2 Å². The minimum atomic E-state index is -1.16. The van der Waals surface area contributed by atoms with Crippen molar-refractivity contribution < 1.29 is 24.0 Å². The van der Waals surface area contributed by atoms with Crippen molar-refractivity contribution in [3.8, 4) is 0 Å². The fraction of sp³-hybridized carbons (Fsp3) is 0.350.